The zero-order chi connectivity index (χ0) is 13.5. The van der Waals surface area contributed by atoms with Gasteiger partial charge in [-0.1, -0.05) is 55.5 Å². The van der Waals surface area contributed by atoms with Crippen molar-refractivity contribution in [1.82, 2.24) is 0 Å². The van der Waals surface area contributed by atoms with Gasteiger partial charge in [0.05, 0.1) is 0 Å². The molecule has 0 aliphatic carbocycles. The van der Waals surface area contributed by atoms with Gasteiger partial charge in [-0.05, 0) is 26.3 Å². The van der Waals surface area contributed by atoms with E-state index in [9.17, 15) is 0 Å². The van der Waals surface area contributed by atoms with Crippen LogP contribution in [-0.4, -0.2) is 6.21 Å². The topological polar surface area (TPSA) is 12.4 Å². The van der Waals surface area contributed by atoms with Crippen molar-refractivity contribution in [2.24, 2.45) is 10.9 Å². The molecule has 1 nitrogen and oxygen atoms in total. The second kappa shape index (κ2) is 6.95. The minimum atomic E-state index is 0.333. The first kappa shape index (κ1) is 14.4. The number of rotatable bonds is 5. The summed E-state index contributed by atoms with van der Waals surface area (Å²) in [5.41, 5.74) is 3.54. The van der Waals surface area contributed by atoms with Gasteiger partial charge in [-0.25, -0.2) is 0 Å². The Morgan fingerprint density at radius 2 is 1.83 bits per heavy atom. The van der Waals surface area contributed by atoms with Crippen LogP contribution in [0.25, 0.3) is 0 Å². The lowest BCUT2D eigenvalue weighted by molar-refractivity contribution is 0.659. The average molecular weight is 241 g/mol. The van der Waals surface area contributed by atoms with Gasteiger partial charge in [-0.3, -0.25) is 4.99 Å². The molecule has 1 heteroatoms. The highest BCUT2D eigenvalue weighted by atomic mass is 14.7. The molecule has 0 fully saturated rings. The zero-order valence-corrected chi connectivity index (χ0v) is 11.9. The van der Waals surface area contributed by atoms with Gasteiger partial charge in [0.2, 0.25) is 0 Å². The molecule has 0 saturated carbocycles. The molecule has 0 bridgehead atoms. The Morgan fingerprint density at radius 3 is 2.33 bits per heavy atom. The first-order chi connectivity index (χ1) is 8.56. The van der Waals surface area contributed by atoms with Crippen molar-refractivity contribution in [2.45, 2.75) is 33.6 Å². The molecule has 0 N–H and O–H groups in total. The van der Waals surface area contributed by atoms with Crippen molar-refractivity contribution < 1.29 is 0 Å². The van der Waals surface area contributed by atoms with E-state index in [-0.39, 0.29) is 0 Å². The molecular weight excluding hydrogens is 218 g/mol. The molecule has 0 spiro atoms. The summed E-state index contributed by atoms with van der Waals surface area (Å²) in [5.74, 6) is 0.680. The number of benzene rings is 1. The van der Waals surface area contributed by atoms with Gasteiger partial charge in [-0.15, -0.1) is 0 Å². The quantitative estimate of drug-likeness (QED) is 0.509. The number of nitrogens with zero attached hydrogens (tertiary/aromatic N) is 1. The van der Waals surface area contributed by atoms with Crippen LogP contribution in [0, 0.1) is 5.92 Å². The normalized spacial score (nSPS) is 15.7. The molecule has 1 aromatic rings. The third-order valence-electron chi connectivity index (χ3n) is 3.15. The SMILES string of the molecule is C=C(C)C(c1ccccc1)C(C)C=N/C(C)=C\C. The molecule has 0 aliphatic rings. The van der Waals surface area contributed by atoms with Crippen LogP contribution in [0.3, 0.4) is 0 Å². The highest BCUT2D eigenvalue weighted by Crippen LogP contribution is 2.29. The van der Waals surface area contributed by atoms with Gasteiger partial charge in [0.25, 0.3) is 0 Å². The van der Waals surface area contributed by atoms with Crippen LogP contribution in [0.5, 0.6) is 0 Å². The standard InChI is InChI=1S/C17H23N/c1-6-15(5)18-12-14(4)17(13(2)3)16-10-8-7-9-11-16/h6-12,14,17H,2H2,1,3-5H3/b15-6-,18-12?. The Morgan fingerprint density at radius 1 is 1.22 bits per heavy atom. The van der Waals surface area contributed by atoms with Crippen LogP contribution in [-0.2, 0) is 0 Å². The van der Waals surface area contributed by atoms with E-state index < -0.39 is 0 Å². The third-order valence-corrected chi connectivity index (χ3v) is 3.15. The van der Waals surface area contributed by atoms with Gasteiger partial charge in [0, 0.05) is 23.7 Å². The van der Waals surface area contributed by atoms with Crippen molar-refractivity contribution in [3.8, 4) is 0 Å². The molecule has 18 heavy (non-hydrogen) atoms. The smallest absolute Gasteiger partial charge is 0.0326 e. The van der Waals surface area contributed by atoms with Crippen LogP contribution in [0.2, 0.25) is 0 Å². The van der Waals surface area contributed by atoms with Crippen LogP contribution < -0.4 is 0 Å². The molecule has 0 aliphatic heterocycles. The summed E-state index contributed by atoms with van der Waals surface area (Å²) < 4.78 is 0. The Balaban J connectivity index is 2.93. The molecule has 1 aromatic carbocycles. The molecule has 96 valence electrons. The fourth-order valence-corrected chi connectivity index (χ4v) is 2.09. The molecule has 2 atom stereocenters. The van der Waals surface area contributed by atoms with Gasteiger partial charge < -0.3 is 0 Å². The van der Waals surface area contributed by atoms with E-state index in [0.29, 0.717) is 11.8 Å². The highest BCUT2D eigenvalue weighted by Gasteiger charge is 2.18. The summed E-state index contributed by atoms with van der Waals surface area (Å²) in [4.78, 5) is 4.47. The summed E-state index contributed by atoms with van der Waals surface area (Å²) in [5, 5.41) is 0. The predicted molar refractivity (Wildman–Crippen MR) is 81.1 cm³/mol. The first-order valence-corrected chi connectivity index (χ1v) is 6.43. The van der Waals surface area contributed by atoms with Gasteiger partial charge in [0.1, 0.15) is 0 Å². The van der Waals surface area contributed by atoms with E-state index in [2.05, 4.69) is 49.7 Å². The molecule has 0 radical (unpaired) electrons. The lowest BCUT2D eigenvalue weighted by Gasteiger charge is -2.22. The van der Waals surface area contributed by atoms with E-state index in [4.69, 9.17) is 0 Å². The first-order valence-electron chi connectivity index (χ1n) is 6.43. The Bertz CT molecular complexity index is 440. The van der Waals surface area contributed by atoms with Crippen molar-refractivity contribution in [3.63, 3.8) is 0 Å². The summed E-state index contributed by atoms with van der Waals surface area (Å²) in [7, 11) is 0. The van der Waals surface area contributed by atoms with Crippen LogP contribution in [0.15, 0.2) is 59.2 Å². The third kappa shape index (κ3) is 3.99. The maximum Gasteiger partial charge on any atom is 0.0326 e. The minimum absolute atomic E-state index is 0.333. The maximum atomic E-state index is 4.47. The largest absolute Gasteiger partial charge is 0.266 e. The molecule has 1 rings (SSSR count). The second-order valence-electron chi connectivity index (χ2n) is 4.80. The summed E-state index contributed by atoms with van der Waals surface area (Å²) in [6.07, 6.45) is 4.04. The number of allylic oxidation sites excluding steroid dienone is 3. The van der Waals surface area contributed by atoms with Gasteiger partial charge in [-0.2, -0.15) is 0 Å². The highest BCUT2D eigenvalue weighted by molar-refractivity contribution is 5.64. The number of aliphatic imine (C=N–C) groups is 1. The monoisotopic (exact) mass is 241 g/mol. The van der Waals surface area contributed by atoms with Crippen molar-refractivity contribution >= 4 is 6.21 Å². The lowest BCUT2D eigenvalue weighted by atomic mass is 9.83. The molecular formula is C17H23N. The van der Waals surface area contributed by atoms with Gasteiger partial charge in [0.15, 0.2) is 0 Å². The Kier molecular flexibility index (Phi) is 5.57. The van der Waals surface area contributed by atoms with E-state index in [1.165, 1.54) is 11.1 Å². The van der Waals surface area contributed by atoms with Crippen molar-refractivity contribution in [1.29, 1.82) is 0 Å². The van der Waals surface area contributed by atoms with E-state index in [1.54, 1.807) is 0 Å². The molecule has 0 amide bonds. The molecule has 0 saturated heterocycles. The molecule has 2 unspecified atom stereocenters. The van der Waals surface area contributed by atoms with E-state index in [1.807, 2.05) is 32.2 Å². The van der Waals surface area contributed by atoms with Crippen LogP contribution in [0.4, 0.5) is 0 Å². The summed E-state index contributed by atoms with van der Waals surface area (Å²) in [6, 6.07) is 10.5. The number of hydrogen-bond acceptors (Lipinski definition) is 1. The second-order valence-corrected chi connectivity index (χ2v) is 4.80. The Hall–Kier alpha value is -1.63. The zero-order valence-electron chi connectivity index (χ0n) is 11.9. The fraction of sp³-hybridized carbons (Fsp3) is 0.353. The Labute approximate surface area is 111 Å². The van der Waals surface area contributed by atoms with E-state index in [0.717, 1.165) is 5.70 Å². The number of hydrogen-bond donors (Lipinski definition) is 0. The fourth-order valence-electron chi connectivity index (χ4n) is 2.09. The van der Waals surface area contributed by atoms with E-state index >= 15 is 0 Å². The predicted octanol–water partition coefficient (Wildman–Crippen LogP) is 4.98. The van der Waals surface area contributed by atoms with Crippen LogP contribution >= 0.6 is 0 Å². The summed E-state index contributed by atoms with van der Waals surface area (Å²) >= 11 is 0. The molecule has 0 heterocycles. The average Bonchev–Trinajstić information content (AvgIpc) is 2.37. The maximum absolute atomic E-state index is 4.47. The minimum Gasteiger partial charge on any atom is -0.266 e. The molecule has 0 aromatic heterocycles. The van der Waals surface area contributed by atoms with Gasteiger partial charge >= 0.3 is 0 Å². The van der Waals surface area contributed by atoms with Crippen LogP contribution in [0.1, 0.15) is 39.2 Å². The van der Waals surface area contributed by atoms with Crippen molar-refractivity contribution in [3.05, 3.63) is 59.8 Å². The van der Waals surface area contributed by atoms with Crippen molar-refractivity contribution in [2.75, 3.05) is 0 Å². The lowest BCUT2D eigenvalue weighted by Crippen LogP contribution is -2.12. The summed E-state index contributed by atoms with van der Waals surface area (Å²) in [6.45, 7) is 12.4.